The highest BCUT2D eigenvalue weighted by atomic mass is 16.6. The first-order valence-electron chi connectivity index (χ1n) is 8.70. The van der Waals surface area contributed by atoms with E-state index in [4.69, 9.17) is 23.5 Å². The largest absolute Gasteiger partial charge is 0.497 e. The van der Waals surface area contributed by atoms with Gasteiger partial charge in [0.25, 0.3) is 5.89 Å². The van der Waals surface area contributed by atoms with Crippen LogP contribution in [0.1, 0.15) is 12.8 Å². The summed E-state index contributed by atoms with van der Waals surface area (Å²) < 4.78 is 27.1. The summed E-state index contributed by atoms with van der Waals surface area (Å²) in [5, 5.41) is 3.91. The van der Waals surface area contributed by atoms with Crippen molar-refractivity contribution in [1.82, 2.24) is 10.1 Å². The van der Waals surface area contributed by atoms with Crippen LogP contribution in [0, 0.1) is 0 Å². The van der Waals surface area contributed by atoms with Crippen LogP contribution in [-0.2, 0) is 16.1 Å². The third kappa shape index (κ3) is 3.62. The average molecular weight is 382 g/mol. The van der Waals surface area contributed by atoms with Gasteiger partial charge < -0.3 is 23.5 Å². The lowest BCUT2D eigenvalue weighted by Gasteiger charge is -2.30. The van der Waals surface area contributed by atoms with Crippen molar-refractivity contribution in [1.29, 1.82) is 0 Å². The Labute approximate surface area is 161 Å². The molecular formula is C20H18N2O6. The van der Waals surface area contributed by atoms with Gasteiger partial charge >= 0.3 is 5.97 Å². The van der Waals surface area contributed by atoms with E-state index >= 15 is 0 Å². The predicted octanol–water partition coefficient (Wildman–Crippen LogP) is 3.02. The van der Waals surface area contributed by atoms with Crippen LogP contribution >= 0.6 is 0 Å². The van der Waals surface area contributed by atoms with Crippen LogP contribution in [0.25, 0.3) is 11.4 Å². The number of hydrogen-bond acceptors (Lipinski definition) is 8. The van der Waals surface area contributed by atoms with Crippen LogP contribution in [-0.4, -0.2) is 35.4 Å². The van der Waals surface area contributed by atoms with Gasteiger partial charge in [0, 0.05) is 5.56 Å². The third-order valence-corrected chi connectivity index (χ3v) is 4.21. The summed E-state index contributed by atoms with van der Waals surface area (Å²) in [5.74, 6) is 1.77. The maximum absolute atomic E-state index is 12.4. The molecule has 0 amide bonds. The van der Waals surface area contributed by atoms with Gasteiger partial charge in [-0.1, -0.05) is 29.4 Å². The molecule has 8 nitrogen and oxygen atoms in total. The standard InChI is InChI=1S/C20H18N2O6/c1-12-18(27-16-9-4-3-8-15(16)26-12)20(23)25-11-17-21-19(22-28-17)13-6-5-7-14(10-13)24-2/h3-10,12,18H,11H2,1-2H3. The van der Waals surface area contributed by atoms with Gasteiger partial charge in [-0.05, 0) is 31.2 Å². The van der Waals surface area contributed by atoms with Crippen LogP contribution in [0.4, 0.5) is 0 Å². The van der Waals surface area contributed by atoms with Crippen molar-refractivity contribution in [2.75, 3.05) is 7.11 Å². The summed E-state index contributed by atoms with van der Waals surface area (Å²) in [6.45, 7) is 1.58. The molecule has 8 heteroatoms. The Hall–Kier alpha value is -3.55. The number of rotatable bonds is 5. The zero-order chi connectivity index (χ0) is 19.5. The molecule has 3 aromatic rings. The minimum Gasteiger partial charge on any atom is -0.497 e. The maximum atomic E-state index is 12.4. The molecule has 144 valence electrons. The Morgan fingerprint density at radius 3 is 2.68 bits per heavy atom. The molecule has 0 N–H and O–H groups in total. The molecule has 4 rings (SSSR count). The predicted molar refractivity (Wildman–Crippen MR) is 97.0 cm³/mol. The summed E-state index contributed by atoms with van der Waals surface area (Å²) in [6, 6.07) is 14.4. The van der Waals surface area contributed by atoms with Crippen molar-refractivity contribution in [3.63, 3.8) is 0 Å². The van der Waals surface area contributed by atoms with Gasteiger partial charge in [-0.2, -0.15) is 4.98 Å². The molecule has 2 aromatic carbocycles. The number of carbonyl (C=O) groups is 1. The van der Waals surface area contributed by atoms with Gasteiger partial charge in [-0.25, -0.2) is 4.79 Å². The monoisotopic (exact) mass is 382 g/mol. The molecule has 2 atom stereocenters. The van der Waals surface area contributed by atoms with E-state index in [-0.39, 0.29) is 12.5 Å². The number of ether oxygens (including phenoxy) is 4. The number of esters is 1. The van der Waals surface area contributed by atoms with E-state index < -0.39 is 18.2 Å². The molecule has 0 fully saturated rings. The van der Waals surface area contributed by atoms with Gasteiger partial charge in [0.15, 0.2) is 18.1 Å². The molecule has 28 heavy (non-hydrogen) atoms. The summed E-state index contributed by atoms with van der Waals surface area (Å²) in [6.07, 6.45) is -1.37. The molecule has 1 aromatic heterocycles. The molecule has 0 aliphatic carbocycles. The summed E-state index contributed by atoms with van der Waals surface area (Å²) >= 11 is 0. The Bertz CT molecular complexity index is 986. The fraction of sp³-hybridized carbons (Fsp3) is 0.250. The maximum Gasteiger partial charge on any atom is 0.351 e. The second kappa shape index (κ2) is 7.59. The second-order valence-electron chi connectivity index (χ2n) is 6.16. The number of nitrogens with zero attached hydrogens (tertiary/aromatic N) is 2. The van der Waals surface area contributed by atoms with E-state index in [1.54, 1.807) is 38.3 Å². The Kier molecular flexibility index (Phi) is 4.84. The fourth-order valence-electron chi connectivity index (χ4n) is 2.79. The number of methoxy groups -OCH3 is 1. The van der Waals surface area contributed by atoms with Crippen LogP contribution in [0.5, 0.6) is 17.2 Å². The van der Waals surface area contributed by atoms with Crippen molar-refractivity contribution in [3.05, 3.63) is 54.4 Å². The summed E-state index contributed by atoms with van der Waals surface area (Å²) in [5.41, 5.74) is 0.731. The Morgan fingerprint density at radius 1 is 1.11 bits per heavy atom. The highest BCUT2D eigenvalue weighted by Gasteiger charge is 2.35. The SMILES string of the molecule is COc1cccc(-c2noc(COC(=O)C3Oc4ccccc4OC3C)n2)c1. The van der Waals surface area contributed by atoms with E-state index in [9.17, 15) is 4.79 Å². The number of para-hydroxylation sites is 2. The smallest absolute Gasteiger partial charge is 0.351 e. The van der Waals surface area contributed by atoms with Crippen molar-refractivity contribution < 1.29 is 28.3 Å². The first-order chi connectivity index (χ1) is 13.6. The van der Waals surface area contributed by atoms with E-state index in [2.05, 4.69) is 10.1 Å². The molecule has 2 unspecified atom stereocenters. The Balaban J connectivity index is 1.40. The lowest BCUT2D eigenvalue weighted by atomic mass is 10.2. The van der Waals surface area contributed by atoms with E-state index in [1.807, 2.05) is 24.3 Å². The third-order valence-electron chi connectivity index (χ3n) is 4.21. The van der Waals surface area contributed by atoms with E-state index in [1.165, 1.54) is 0 Å². The number of carbonyl (C=O) groups excluding carboxylic acids is 1. The Morgan fingerprint density at radius 2 is 1.89 bits per heavy atom. The van der Waals surface area contributed by atoms with Crippen molar-refractivity contribution in [2.45, 2.75) is 25.7 Å². The fourth-order valence-corrected chi connectivity index (χ4v) is 2.79. The molecule has 0 radical (unpaired) electrons. The molecule has 0 bridgehead atoms. The topological polar surface area (TPSA) is 92.9 Å². The highest BCUT2D eigenvalue weighted by molar-refractivity contribution is 5.76. The lowest BCUT2D eigenvalue weighted by molar-refractivity contribution is -0.159. The second-order valence-corrected chi connectivity index (χ2v) is 6.16. The van der Waals surface area contributed by atoms with Gasteiger partial charge in [-0.15, -0.1) is 0 Å². The molecule has 0 saturated heterocycles. The molecular weight excluding hydrogens is 364 g/mol. The molecule has 1 aliphatic heterocycles. The molecule has 0 spiro atoms. The minimum atomic E-state index is -0.879. The molecule has 0 saturated carbocycles. The van der Waals surface area contributed by atoms with Crippen molar-refractivity contribution in [2.24, 2.45) is 0 Å². The number of benzene rings is 2. The minimum absolute atomic E-state index is 0.163. The highest BCUT2D eigenvalue weighted by Crippen LogP contribution is 2.33. The number of aromatic nitrogens is 2. The first-order valence-corrected chi connectivity index (χ1v) is 8.70. The van der Waals surface area contributed by atoms with Crippen molar-refractivity contribution >= 4 is 5.97 Å². The van der Waals surface area contributed by atoms with Crippen molar-refractivity contribution in [3.8, 4) is 28.6 Å². The van der Waals surface area contributed by atoms with Crippen LogP contribution in [0.3, 0.4) is 0 Å². The summed E-state index contributed by atoms with van der Waals surface area (Å²) in [7, 11) is 1.58. The van der Waals surface area contributed by atoms with Crippen LogP contribution < -0.4 is 14.2 Å². The normalized spacial score (nSPS) is 17.8. The molecule has 1 aliphatic rings. The average Bonchev–Trinajstić information content (AvgIpc) is 3.20. The zero-order valence-electron chi connectivity index (χ0n) is 15.3. The van der Waals surface area contributed by atoms with Crippen LogP contribution in [0.2, 0.25) is 0 Å². The van der Waals surface area contributed by atoms with Gasteiger partial charge in [0.2, 0.25) is 11.9 Å². The van der Waals surface area contributed by atoms with Gasteiger partial charge in [0.1, 0.15) is 11.9 Å². The quantitative estimate of drug-likeness (QED) is 0.622. The molecule has 2 heterocycles. The number of fused-ring (bicyclic) bond motifs is 1. The van der Waals surface area contributed by atoms with E-state index in [0.29, 0.717) is 23.1 Å². The first kappa shape index (κ1) is 17.8. The van der Waals surface area contributed by atoms with E-state index in [0.717, 1.165) is 5.56 Å². The zero-order valence-corrected chi connectivity index (χ0v) is 15.3. The lowest BCUT2D eigenvalue weighted by Crippen LogP contribution is -2.44. The van der Waals surface area contributed by atoms with Gasteiger partial charge in [0.05, 0.1) is 7.11 Å². The summed E-state index contributed by atoms with van der Waals surface area (Å²) in [4.78, 5) is 16.7. The number of hydrogen-bond donors (Lipinski definition) is 0. The van der Waals surface area contributed by atoms with Crippen LogP contribution in [0.15, 0.2) is 53.1 Å². The van der Waals surface area contributed by atoms with Gasteiger partial charge in [-0.3, -0.25) is 0 Å².